The van der Waals surface area contributed by atoms with Crippen molar-refractivity contribution in [3.63, 3.8) is 0 Å². The first-order valence-corrected chi connectivity index (χ1v) is 19.5. The van der Waals surface area contributed by atoms with Crippen molar-refractivity contribution in [1.82, 2.24) is 10.3 Å². The normalized spacial score (nSPS) is 22.9. The quantitative estimate of drug-likeness (QED) is 0.0766. The fourth-order valence-electron chi connectivity index (χ4n) is 8.94. The second-order valence-electron chi connectivity index (χ2n) is 15.6. The number of aromatic hydroxyl groups is 1. The second kappa shape index (κ2) is 18.7. The van der Waals surface area contributed by atoms with Crippen molar-refractivity contribution in [3.8, 4) is 5.75 Å². The molecule has 4 fully saturated rings. The van der Waals surface area contributed by atoms with Crippen molar-refractivity contribution in [3.05, 3.63) is 111 Å². The summed E-state index contributed by atoms with van der Waals surface area (Å²) in [6.07, 6.45) is 6.25. The zero-order valence-corrected chi connectivity index (χ0v) is 32.7. The van der Waals surface area contributed by atoms with Crippen LogP contribution in [0, 0.1) is 11.8 Å². The molecule has 0 unspecified atom stereocenters. The van der Waals surface area contributed by atoms with Gasteiger partial charge in [-0.1, -0.05) is 73.5 Å². The Hall–Kier alpha value is -3.13. The number of aliphatic hydroxyl groups is 2. The van der Waals surface area contributed by atoms with Crippen LogP contribution in [0.3, 0.4) is 0 Å². The molecule has 0 spiro atoms. The molecule has 3 saturated heterocycles. The lowest BCUT2D eigenvalue weighted by Crippen LogP contribution is -3.00. The van der Waals surface area contributed by atoms with Crippen molar-refractivity contribution in [2.24, 2.45) is 11.8 Å². The fraction of sp³-hybridized carbons (Fsp3) is 0.512. The number of piperidine rings is 3. The van der Waals surface area contributed by atoms with Gasteiger partial charge < -0.3 is 61.3 Å². The molecule has 292 valence electrons. The summed E-state index contributed by atoms with van der Waals surface area (Å²) in [7, 11) is 0. The first kappa shape index (κ1) is 40.5. The zero-order valence-electron chi connectivity index (χ0n) is 31.1. The summed E-state index contributed by atoms with van der Waals surface area (Å²) >= 11 is 0. The summed E-state index contributed by atoms with van der Waals surface area (Å²) in [5.41, 5.74) is 2.96. The highest BCUT2D eigenvalue weighted by Gasteiger charge is 2.48. The molecule has 3 atom stereocenters. The molecule has 4 aromatic rings. The van der Waals surface area contributed by atoms with Gasteiger partial charge in [0.15, 0.2) is 0 Å². The smallest absolute Gasteiger partial charge is 0.248 e. The van der Waals surface area contributed by atoms with E-state index in [4.69, 9.17) is 14.2 Å². The maximum atomic E-state index is 12.0. The number of aromatic nitrogens is 1. The van der Waals surface area contributed by atoms with E-state index < -0.39 is 11.7 Å². The zero-order chi connectivity index (χ0) is 36.7. The number of nitrogens with one attached hydrogen (secondary N) is 2. The summed E-state index contributed by atoms with van der Waals surface area (Å²) in [6, 6.07) is 24.7. The average molecular weight is 807 g/mol. The van der Waals surface area contributed by atoms with Gasteiger partial charge >= 0.3 is 0 Å². The fourth-order valence-corrected chi connectivity index (χ4v) is 8.94. The Morgan fingerprint density at radius 1 is 0.870 bits per heavy atom. The van der Waals surface area contributed by atoms with Crippen molar-refractivity contribution >= 4 is 10.9 Å². The first-order chi connectivity index (χ1) is 25.8. The molecule has 10 nitrogen and oxygen atoms in total. The molecule has 5 N–H and O–H groups in total. The van der Waals surface area contributed by atoms with Crippen LogP contribution in [0.4, 0.5) is 0 Å². The Balaban J connectivity index is 0.00000497. The van der Waals surface area contributed by atoms with Crippen LogP contribution >= 0.6 is 0 Å². The van der Waals surface area contributed by atoms with Gasteiger partial charge in [-0.15, -0.1) is 0 Å². The molecule has 11 heteroatoms. The van der Waals surface area contributed by atoms with Crippen LogP contribution in [0.15, 0.2) is 83.7 Å². The monoisotopic (exact) mass is 805 g/mol. The molecule has 8 rings (SSSR count). The number of fused-ring (bicyclic) bond motifs is 4. The molecule has 2 bridgehead atoms. The predicted molar refractivity (Wildman–Crippen MR) is 204 cm³/mol. The number of hydrogen-bond acceptors (Lipinski definition) is 8. The number of phenolic OH excluding ortho intramolecular Hbond substituents is 1. The molecule has 1 aromatic heterocycles. The molecule has 3 aliphatic heterocycles. The Morgan fingerprint density at radius 3 is 2.26 bits per heavy atom. The maximum absolute atomic E-state index is 12.0. The Kier molecular flexibility index (Phi) is 14.0. The number of quaternary nitrogens is 1. The number of pyridine rings is 1. The lowest BCUT2D eigenvalue weighted by atomic mass is 9.80. The van der Waals surface area contributed by atoms with Crippen LogP contribution in [0.25, 0.3) is 10.9 Å². The topological polar surface area (TPSA) is 133 Å². The van der Waals surface area contributed by atoms with E-state index in [1.165, 1.54) is 50.9 Å². The molecule has 0 radical (unpaired) electrons. The van der Waals surface area contributed by atoms with E-state index in [9.17, 15) is 20.1 Å². The Bertz CT molecular complexity index is 1830. The number of H-pyrrole nitrogens is 1. The van der Waals surface area contributed by atoms with Crippen LogP contribution in [-0.4, -0.2) is 90.0 Å². The van der Waals surface area contributed by atoms with Crippen molar-refractivity contribution < 1.29 is 51.0 Å². The highest BCUT2D eigenvalue weighted by atomic mass is 79.9. The highest BCUT2D eigenvalue weighted by molar-refractivity contribution is 5.87. The lowest BCUT2D eigenvalue weighted by Gasteiger charge is -2.52. The van der Waals surface area contributed by atoms with Gasteiger partial charge in [0, 0.05) is 43.3 Å². The Labute approximate surface area is 328 Å². The summed E-state index contributed by atoms with van der Waals surface area (Å²) in [4.78, 5) is 14.3. The number of rotatable bonds is 18. The summed E-state index contributed by atoms with van der Waals surface area (Å²) in [5, 5.41) is 36.7. The number of phenols is 1. The molecule has 4 aliphatic rings. The van der Waals surface area contributed by atoms with Crippen LogP contribution in [0.1, 0.15) is 66.9 Å². The van der Waals surface area contributed by atoms with E-state index in [2.05, 4.69) is 46.7 Å². The number of benzene rings is 3. The van der Waals surface area contributed by atoms with Crippen molar-refractivity contribution in [1.29, 1.82) is 0 Å². The minimum atomic E-state index is -0.917. The molecular formula is C43H56BrN3O7. The van der Waals surface area contributed by atoms with E-state index >= 15 is 0 Å². The van der Waals surface area contributed by atoms with Crippen LogP contribution in [-0.2, 0) is 33.0 Å². The summed E-state index contributed by atoms with van der Waals surface area (Å²) in [5.74, 6) is 0.814. The van der Waals surface area contributed by atoms with Crippen molar-refractivity contribution in [2.75, 3.05) is 59.1 Å². The minimum Gasteiger partial charge on any atom is -1.00 e. The van der Waals surface area contributed by atoms with Gasteiger partial charge in [0.05, 0.1) is 57.7 Å². The van der Waals surface area contributed by atoms with E-state index in [1.807, 2.05) is 18.2 Å². The summed E-state index contributed by atoms with van der Waals surface area (Å²) < 4.78 is 19.8. The molecular weight excluding hydrogens is 750 g/mol. The molecule has 1 saturated carbocycles. The molecule has 4 heterocycles. The van der Waals surface area contributed by atoms with Gasteiger partial charge in [0.2, 0.25) is 5.56 Å². The van der Waals surface area contributed by atoms with E-state index in [0.717, 1.165) is 47.1 Å². The third kappa shape index (κ3) is 9.62. The molecule has 0 amide bonds. The SMILES string of the molecule is O=c1ccc2c([C@@H](O)CNCCOCc3ccc(COCC[N+]45CCC(CC4)[C@@H](OC[C@@](O)(c4ccccc4)C4CCCC4)C5)cc3)ccc(O)c2[nH]1.[Br-]. The summed E-state index contributed by atoms with van der Waals surface area (Å²) in [6.45, 7) is 7.89. The minimum absolute atomic E-state index is 0. The van der Waals surface area contributed by atoms with Gasteiger partial charge in [-0.2, -0.15) is 0 Å². The maximum Gasteiger partial charge on any atom is 0.248 e. The largest absolute Gasteiger partial charge is 1.00 e. The number of halogens is 1. The molecule has 3 aromatic carbocycles. The number of aromatic amines is 1. The van der Waals surface area contributed by atoms with Gasteiger partial charge in [-0.25, -0.2) is 0 Å². The van der Waals surface area contributed by atoms with Crippen molar-refractivity contribution in [2.45, 2.75) is 69.5 Å². The van der Waals surface area contributed by atoms with Gasteiger partial charge in [0.1, 0.15) is 30.5 Å². The number of hydrogen-bond donors (Lipinski definition) is 5. The molecule has 54 heavy (non-hydrogen) atoms. The van der Waals surface area contributed by atoms with Gasteiger partial charge in [0.25, 0.3) is 0 Å². The number of ether oxygens (including phenoxy) is 3. The predicted octanol–water partition coefficient (Wildman–Crippen LogP) is 2.30. The highest BCUT2D eigenvalue weighted by Crippen LogP contribution is 2.42. The van der Waals surface area contributed by atoms with E-state index in [-0.39, 0.29) is 40.3 Å². The van der Waals surface area contributed by atoms with Gasteiger partial charge in [-0.3, -0.25) is 4.79 Å². The Morgan fingerprint density at radius 2 is 1.56 bits per heavy atom. The van der Waals surface area contributed by atoms with E-state index in [0.29, 0.717) is 68.5 Å². The third-order valence-electron chi connectivity index (χ3n) is 12.2. The van der Waals surface area contributed by atoms with Crippen LogP contribution in [0.5, 0.6) is 5.75 Å². The number of aliphatic hydroxyl groups excluding tert-OH is 1. The molecule has 1 aliphatic carbocycles. The lowest BCUT2D eigenvalue weighted by molar-refractivity contribution is -0.946. The first-order valence-electron chi connectivity index (χ1n) is 19.5. The average Bonchev–Trinajstić information content (AvgIpc) is 3.75. The standard InChI is InChI=1S/C43H55N3O7.BrH/c47-38-16-14-36(37-15-17-41(49)45-42(37)38)39(48)26-44-20-24-51-28-31-10-12-32(13-11-31)29-52-25-23-46-21-18-33(19-22-46)40(27-46)53-30-43(50,35-8-4-5-9-35)34-6-2-1-3-7-34;/h1-3,6-7,10-17,33,35,39-40,44,48,50H,4-5,8-9,18-30H2,(H-,45,47,49);1H/t33?,39-,40-,43+,46?;/m0./s1. The van der Waals surface area contributed by atoms with Crippen LogP contribution < -0.4 is 27.9 Å². The van der Waals surface area contributed by atoms with E-state index in [1.54, 1.807) is 12.1 Å². The second-order valence-corrected chi connectivity index (χ2v) is 15.6. The number of nitrogens with zero attached hydrogens (tertiary/aromatic N) is 1. The van der Waals surface area contributed by atoms with Gasteiger partial charge in [-0.05, 0) is 53.1 Å². The third-order valence-corrected chi connectivity index (χ3v) is 12.2. The van der Waals surface area contributed by atoms with Crippen LogP contribution in [0.2, 0.25) is 0 Å².